The number of amides is 1. The number of ether oxygens (including phenoxy) is 2. The monoisotopic (exact) mass is 406 g/mol. The van der Waals surface area contributed by atoms with Gasteiger partial charge in [0.2, 0.25) is 5.76 Å². The fraction of sp³-hybridized carbons (Fsp3) is 0.556. The molecule has 2 aromatic heterocycles. The Labute approximate surface area is 166 Å². The first-order valence-electron chi connectivity index (χ1n) is 9.43. The lowest BCUT2D eigenvalue weighted by atomic mass is 10.00. The van der Waals surface area contributed by atoms with Crippen molar-refractivity contribution in [2.24, 2.45) is 0 Å². The van der Waals surface area contributed by atoms with Gasteiger partial charge in [0.15, 0.2) is 0 Å². The normalized spacial score (nSPS) is 25.2. The molecule has 1 N–H and O–H groups in total. The van der Waals surface area contributed by atoms with Gasteiger partial charge in [-0.1, -0.05) is 5.16 Å². The van der Waals surface area contributed by atoms with Gasteiger partial charge in [0.25, 0.3) is 5.91 Å². The molecule has 2 saturated heterocycles. The first-order valence-corrected chi connectivity index (χ1v) is 9.43. The van der Waals surface area contributed by atoms with E-state index in [-0.39, 0.29) is 23.7 Å². The van der Waals surface area contributed by atoms with Crippen LogP contribution in [0.3, 0.4) is 0 Å². The lowest BCUT2D eigenvalue weighted by molar-refractivity contribution is -0.402. The molecule has 0 saturated carbocycles. The van der Waals surface area contributed by atoms with Crippen molar-refractivity contribution in [1.29, 1.82) is 0 Å². The van der Waals surface area contributed by atoms with E-state index in [1.807, 2.05) is 0 Å². The molecule has 4 heterocycles. The van der Waals surface area contributed by atoms with Crippen molar-refractivity contribution in [1.82, 2.24) is 15.4 Å². The summed E-state index contributed by atoms with van der Waals surface area (Å²) in [4.78, 5) is 24.4. The molecule has 0 unspecified atom stereocenters. The third kappa shape index (κ3) is 4.63. The van der Waals surface area contributed by atoms with Crippen molar-refractivity contribution in [3.05, 3.63) is 46.0 Å². The highest BCUT2D eigenvalue weighted by atomic mass is 16.6. The molecule has 2 aliphatic rings. The Balaban J connectivity index is 1.33. The lowest BCUT2D eigenvalue weighted by Gasteiger charge is -2.31. The number of nitrogens with one attached hydrogen (secondary N) is 1. The Morgan fingerprint density at radius 3 is 3.07 bits per heavy atom. The van der Waals surface area contributed by atoms with E-state index in [0.717, 1.165) is 12.8 Å². The van der Waals surface area contributed by atoms with Crippen LogP contribution in [0.2, 0.25) is 0 Å². The molecule has 1 spiro atoms. The maximum Gasteiger partial charge on any atom is 0.433 e. The average molecular weight is 406 g/mol. The maximum absolute atomic E-state index is 12.0. The van der Waals surface area contributed by atoms with Crippen molar-refractivity contribution in [3.63, 3.8) is 0 Å². The summed E-state index contributed by atoms with van der Waals surface area (Å²) in [5.41, 5.74) is -0.476. The van der Waals surface area contributed by atoms with Gasteiger partial charge in [0, 0.05) is 25.7 Å². The maximum atomic E-state index is 12.0. The number of carbonyl (C=O) groups excluding carboxylic acids is 1. The molecule has 0 aromatic carbocycles. The summed E-state index contributed by atoms with van der Waals surface area (Å²) >= 11 is 0. The summed E-state index contributed by atoms with van der Waals surface area (Å²) in [6.07, 6.45) is 2.88. The topological polar surface area (TPSA) is 133 Å². The van der Waals surface area contributed by atoms with E-state index in [0.29, 0.717) is 45.2 Å². The molecule has 2 fully saturated rings. The Bertz CT molecular complexity index is 852. The van der Waals surface area contributed by atoms with Crippen LogP contribution >= 0.6 is 0 Å². The minimum Gasteiger partial charge on any atom is -0.404 e. The zero-order valence-corrected chi connectivity index (χ0v) is 15.7. The van der Waals surface area contributed by atoms with Crippen LogP contribution in [0.15, 0.2) is 33.3 Å². The van der Waals surface area contributed by atoms with Crippen LogP contribution in [0.4, 0.5) is 5.88 Å². The SMILES string of the molecule is O=C(NC[C@H]1CC[C@]2(COCCN(Cc3ccc([N+](=O)[O-])o3)C2)O1)c1ccno1. The molecule has 2 atom stereocenters. The van der Waals surface area contributed by atoms with Crippen LogP contribution in [0.5, 0.6) is 0 Å². The Hall–Kier alpha value is -2.76. The number of nitrogens with zero attached hydrogens (tertiary/aromatic N) is 3. The van der Waals surface area contributed by atoms with Gasteiger partial charge in [-0.3, -0.25) is 19.8 Å². The van der Waals surface area contributed by atoms with Gasteiger partial charge in [-0.05, 0) is 18.9 Å². The minimum absolute atomic E-state index is 0.130. The zero-order chi connectivity index (χ0) is 20.3. The van der Waals surface area contributed by atoms with Crippen LogP contribution in [-0.2, 0) is 16.0 Å². The van der Waals surface area contributed by atoms with Crippen LogP contribution < -0.4 is 5.32 Å². The van der Waals surface area contributed by atoms with E-state index >= 15 is 0 Å². The fourth-order valence-corrected chi connectivity index (χ4v) is 3.78. The van der Waals surface area contributed by atoms with Gasteiger partial charge in [0.1, 0.15) is 16.3 Å². The Morgan fingerprint density at radius 2 is 2.31 bits per heavy atom. The number of nitro groups is 1. The predicted molar refractivity (Wildman–Crippen MR) is 97.1 cm³/mol. The summed E-state index contributed by atoms with van der Waals surface area (Å²) in [6, 6.07) is 4.48. The Kier molecular flexibility index (Phi) is 5.60. The molecular formula is C18H22N4O7. The van der Waals surface area contributed by atoms with E-state index in [4.69, 9.17) is 18.4 Å². The Morgan fingerprint density at radius 1 is 1.41 bits per heavy atom. The van der Waals surface area contributed by atoms with Crippen molar-refractivity contribution in [2.45, 2.75) is 31.1 Å². The molecule has 11 nitrogen and oxygen atoms in total. The highest BCUT2D eigenvalue weighted by molar-refractivity contribution is 5.91. The van der Waals surface area contributed by atoms with Gasteiger partial charge < -0.3 is 23.7 Å². The van der Waals surface area contributed by atoms with E-state index in [1.54, 1.807) is 6.07 Å². The van der Waals surface area contributed by atoms with E-state index < -0.39 is 10.5 Å². The first-order chi connectivity index (χ1) is 14.0. The van der Waals surface area contributed by atoms with Crippen molar-refractivity contribution in [3.8, 4) is 0 Å². The van der Waals surface area contributed by atoms with Crippen molar-refractivity contribution in [2.75, 3.05) is 32.8 Å². The minimum atomic E-state index is -0.547. The predicted octanol–water partition coefficient (Wildman–Crippen LogP) is 1.36. The molecule has 11 heteroatoms. The lowest BCUT2D eigenvalue weighted by Crippen LogP contribution is -2.45. The molecular weight excluding hydrogens is 384 g/mol. The van der Waals surface area contributed by atoms with E-state index in [9.17, 15) is 14.9 Å². The summed E-state index contributed by atoms with van der Waals surface area (Å²) in [5, 5.41) is 17.1. The fourth-order valence-electron chi connectivity index (χ4n) is 3.78. The summed E-state index contributed by atoms with van der Waals surface area (Å²) < 4.78 is 22.2. The number of aromatic nitrogens is 1. The number of furan rings is 1. The summed E-state index contributed by atoms with van der Waals surface area (Å²) in [6.45, 7) is 3.11. The van der Waals surface area contributed by atoms with Crippen LogP contribution in [0, 0.1) is 10.1 Å². The molecule has 2 aromatic rings. The molecule has 156 valence electrons. The van der Waals surface area contributed by atoms with Gasteiger partial charge in [0.05, 0.1) is 38.1 Å². The molecule has 2 aliphatic heterocycles. The van der Waals surface area contributed by atoms with Gasteiger partial charge in [-0.15, -0.1) is 0 Å². The number of hydrogen-bond donors (Lipinski definition) is 1. The molecule has 0 radical (unpaired) electrons. The van der Waals surface area contributed by atoms with Crippen molar-refractivity contribution < 1.29 is 28.1 Å². The smallest absolute Gasteiger partial charge is 0.404 e. The first kappa shape index (κ1) is 19.6. The van der Waals surface area contributed by atoms with E-state index in [2.05, 4.69) is 15.4 Å². The van der Waals surface area contributed by atoms with Crippen LogP contribution in [0.25, 0.3) is 0 Å². The second-order valence-corrected chi connectivity index (χ2v) is 7.31. The van der Waals surface area contributed by atoms with E-state index in [1.165, 1.54) is 18.3 Å². The van der Waals surface area contributed by atoms with Crippen LogP contribution in [-0.4, -0.2) is 65.4 Å². The number of carbonyl (C=O) groups is 1. The number of hydrogen-bond acceptors (Lipinski definition) is 9. The third-order valence-electron chi connectivity index (χ3n) is 5.13. The molecule has 0 aliphatic carbocycles. The highest BCUT2D eigenvalue weighted by Crippen LogP contribution is 2.33. The highest BCUT2D eigenvalue weighted by Gasteiger charge is 2.43. The van der Waals surface area contributed by atoms with Gasteiger partial charge >= 0.3 is 5.88 Å². The zero-order valence-electron chi connectivity index (χ0n) is 15.7. The van der Waals surface area contributed by atoms with Crippen molar-refractivity contribution >= 4 is 11.8 Å². The summed E-state index contributed by atoms with van der Waals surface area (Å²) in [5.74, 6) is 0.0996. The second-order valence-electron chi connectivity index (χ2n) is 7.31. The molecule has 29 heavy (non-hydrogen) atoms. The molecule has 4 rings (SSSR count). The third-order valence-corrected chi connectivity index (χ3v) is 5.13. The quantitative estimate of drug-likeness (QED) is 0.557. The average Bonchev–Trinajstić information content (AvgIpc) is 3.42. The molecule has 0 bridgehead atoms. The van der Waals surface area contributed by atoms with Crippen LogP contribution in [0.1, 0.15) is 29.2 Å². The number of rotatable bonds is 6. The van der Waals surface area contributed by atoms with Gasteiger partial charge in [-0.25, -0.2) is 0 Å². The summed E-state index contributed by atoms with van der Waals surface area (Å²) in [7, 11) is 0. The second kappa shape index (κ2) is 8.31. The van der Waals surface area contributed by atoms with Gasteiger partial charge in [-0.2, -0.15) is 0 Å². The standard InChI is InChI=1S/C18H22N4O7/c23-17(15-4-6-20-29-15)19-9-13-3-5-18(28-13)11-21(7-8-26-12-18)10-14-1-2-16(27-14)22(24)25/h1-2,4,6,13H,3,5,7-12H2,(H,19,23)/t13-,18+/m1/s1. The largest absolute Gasteiger partial charge is 0.433 e. The molecule has 1 amide bonds.